The van der Waals surface area contributed by atoms with Gasteiger partial charge in [0.15, 0.2) is 0 Å². The minimum atomic E-state index is -1.59. The lowest BCUT2D eigenvalue weighted by Gasteiger charge is -2.15. The van der Waals surface area contributed by atoms with Crippen LogP contribution >= 0.6 is 11.6 Å². The molecule has 1 rings (SSSR count). The molecule has 2 atom stereocenters. The van der Waals surface area contributed by atoms with Crippen LogP contribution in [-0.4, -0.2) is 27.1 Å². The molecule has 2 unspecified atom stereocenters. The normalized spacial score (nSPS) is 14.5. The fourth-order valence-electron chi connectivity index (χ4n) is 1.25. The van der Waals surface area contributed by atoms with E-state index < -0.39 is 28.6 Å². The zero-order valence-corrected chi connectivity index (χ0v) is 8.76. The summed E-state index contributed by atoms with van der Waals surface area (Å²) in [6, 6.07) is 3.28. The maximum Gasteiger partial charge on any atom is 0.310 e. The highest BCUT2D eigenvalue weighted by atomic mass is 35.5. The Hall–Kier alpha value is -1.24. The lowest BCUT2D eigenvalue weighted by molar-refractivity contribution is -0.389. The van der Waals surface area contributed by atoms with Gasteiger partial charge < -0.3 is 10.2 Å². The third-order valence-electron chi connectivity index (χ3n) is 2.04. The van der Waals surface area contributed by atoms with E-state index in [4.69, 9.17) is 11.6 Å². The Morgan fingerprint density at radius 3 is 2.62 bits per heavy atom. The van der Waals surface area contributed by atoms with Crippen molar-refractivity contribution in [2.75, 3.05) is 5.88 Å². The van der Waals surface area contributed by atoms with Gasteiger partial charge in [-0.05, 0) is 12.1 Å². The molecule has 0 radical (unpaired) electrons. The number of hydrogen-bond donors (Lipinski definition) is 2. The first-order valence-corrected chi connectivity index (χ1v) is 4.87. The van der Waals surface area contributed by atoms with Crippen LogP contribution in [0.25, 0.3) is 0 Å². The van der Waals surface area contributed by atoms with E-state index in [1.165, 1.54) is 12.1 Å². The molecule has 0 aromatic heterocycles. The van der Waals surface area contributed by atoms with Gasteiger partial charge >= 0.3 is 5.69 Å². The van der Waals surface area contributed by atoms with Crippen LogP contribution in [0.1, 0.15) is 11.7 Å². The lowest BCUT2D eigenvalue weighted by Crippen LogP contribution is -2.21. The Morgan fingerprint density at radius 2 is 2.12 bits per heavy atom. The Labute approximate surface area is 95.2 Å². The number of nitrogens with zero attached hydrogens (tertiary/aromatic N) is 1. The molecule has 0 amide bonds. The van der Waals surface area contributed by atoms with Crippen LogP contribution in [-0.2, 0) is 0 Å². The topological polar surface area (TPSA) is 83.6 Å². The number of hydrogen-bond acceptors (Lipinski definition) is 4. The second-order valence-electron chi connectivity index (χ2n) is 3.10. The number of nitro benzene ring substituents is 1. The predicted octanol–water partition coefficient (Wildman–Crippen LogP) is 1.37. The van der Waals surface area contributed by atoms with E-state index in [2.05, 4.69) is 0 Å². The van der Waals surface area contributed by atoms with E-state index in [1.807, 2.05) is 0 Å². The molecule has 0 saturated heterocycles. The molecule has 16 heavy (non-hydrogen) atoms. The molecule has 0 aliphatic rings. The van der Waals surface area contributed by atoms with Gasteiger partial charge in [-0.2, -0.15) is 4.39 Å². The second-order valence-corrected chi connectivity index (χ2v) is 3.41. The molecule has 5 nitrogen and oxygen atoms in total. The molecule has 0 bridgehead atoms. The average Bonchev–Trinajstić information content (AvgIpc) is 2.26. The van der Waals surface area contributed by atoms with E-state index >= 15 is 0 Å². The van der Waals surface area contributed by atoms with Crippen molar-refractivity contribution in [3.05, 3.63) is 39.7 Å². The fourth-order valence-corrected chi connectivity index (χ4v) is 1.42. The maximum absolute atomic E-state index is 13.2. The van der Waals surface area contributed by atoms with Gasteiger partial charge in [0, 0.05) is 0 Å². The molecule has 0 aliphatic heterocycles. The average molecular weight is 250 g/mol. The summed E-state index contributed by atoms with van der Waals surface area (Å²) >= 11 is 5.29. The van der Waals surface area contributed by atoms with Crippen LogP contribution in [0.2, 0.25) is 0 Å². The molecule has 1 aromatic carbocycles. The van der Waals surface area contributed by atoms with Gasteiger partial charge in [-0.3, -0.25) is 10.1 Å². The Bertz CT molecular complexity index is 401. The first-order chi connectivity index (χ1) is 7.49. The van der Waals surface area contributed by atoms with Gasteiger partial charge in [-0.25, -0.2) is 0 Å². The zero-order valence-electron chi connectivity index (χ0n) is 8.01. The molecule has 2 N–H and O–H groups in total. The predicted molar refractivity (Wildman–Crippen MR) is 54.7 cm³/mol. The minimum Gasteiger partial charge on any atom is -0.389 e. The van der Waals surface area contributed by atoms with E-state index in [1.54, 1.807) is 0 Å². The van der Waals surface area contributed by atoms with Crippen molar-refractivity contribution in [1.29, 1.82) is 0 Å². The summed E-state index contributed by atoms with van der Waals surface area (Å²) in [5, 5.41) is 29.4. The van der Waals surface area contributed by atoms with Crippen LogP contribution in [0.5, 0.6) is 0 Å². The van der Waals surface area contributed by atoms with Gasteiger partial charge in [0.2, 0.25) is 5.82 Å². The standard InChI is InChI=1S/C9H9ClFNO4/c10-4-7(13)9(14)5-2-1-3-6(11)8(5)12(15)16/h1-3,7,9,13-14H,4H2. The molecule has 1 aromatic rings. The maximum atomic E-state index is 13.2. The molecule has 0 aliphatic carbocycles. The van der Waals surface area contributed by atoms with Crippen molar-refractivity contribution in [3.8, 4) is 0 Å². The lowest BCUT2D eigenvalue weighted by atomic mass is 10.0. The Kier molecular flexibility index (Phi) is 4.17. The van der Waals surface area contributed by atoms with Crippen molar-refractivity contribution >= 4 is 17.3 Å². The van der Waals surface area contributed by atoms with Gasteiger partial charge in [0.1, 0.15) is 6.10 Å². The molecular formula is C9H9ClFNO4. The first-order valence-electron chi connectivity index (χ1n) is 4.34. The number of aliphatic hydroxyl groups excluding tert-OH is 2. The largest absolute Gasteiger partial charge is 0.389 e. The first kappa shape index (κ1) is 12.8. The second kappa shape index (κ2) is 5.20. The van der Waals surface area contributed by atoms with Crippen molar-refractivity contribution in [1.82, 2.24) is 0 Å². The fraction of sp³-hybridized carbons (Fsp3) is 0.333. The molecule has 0 heterocycles. The monoisotopic (exact) mass is 249 g/mol. The van der Waals surface area contributed by atoms with E-state index in [0.29, 0.717) is 0 Å². The van der Waals surface area contributed by atoms with E-state index in [-0.39, 0.29) is 11.4 Å². The summed E-state index contributed by atoms with van der Waals surface area (Å²) in [4.78, 5) is 9.65. The number of nitro groups is 1. The summed E-state index contributed by atoms with van der Waals surface area (Å²) in [5.41, 5.74) is -1.14. The third kappa shape index (κ3) is 2.46. The summed E-state index contributed by atoms with van der Waals surface area (Å²) in [5.74, 6) is -1.38. The minimum absolute atomic E-state index is 0.293. The van der Waals surface area contributed by atoms with Crippen LogP contribution in [0.3, 0.4) is 0 Å². The molecule has 0 spiro atoms. The Balaban J connectivity index is 3.22. The van der Waals surface area contributed by atoms with Crippen molar-refractivity contribution in [2.45, 2.75) is 12.2 Å². The highest BCUT2D eigenvalue weighted by Gasteiger charge is 2.28. The number of halogens is 2. The number of aliphatic hydroxyl groups is 2. The van der Waals surface area contributed by atoms with Gasteiger partial charge in [0.25, 0.3) is 0 Å². The highest BCUT2D eigenvalue weighted by molar-refractivity contribution is 6.18. The zero-order chi connectivity index (χ0) is 12.3. The van der Waals surface area contributed by atoms with E-state index in [0.717, 1.165) is 6.07 Å². The Morgan fingerprint density at radius 1 is 1.50 bits per heavy atom. The highest BCUT2D eigenvalue weighted by Crippen LogP contribution is 2.29. The van der Waals surface area contributed by atoms with Crippen LogP contribution in [0.4, 0.5) is 10.1 Å². The molecule has 0 saturated carbocycles. The van der Waals surface area contributed by atoms with E-state index in [9.17, 15) is 24.7 Å². The molecular weight excluding hydrogens is 241 g/mol. The third-order valence-corrected chi connectivity index (χ3v) is 2.36. The van der Waals surface area contributed by atoms with Crippen LogP contribution in [0, 0.1) is 15.9 Å². The number of rotatable bonds is 4. The van der Waals surface area contributed by atoms with Crippen molar-refractivity contribution in [2.24, 2.45) is 0 Å². The quantitative estimate of drug-likeness (QED) is 0.480. The summed E-state index contributed by atoms with van der Waals surface area (Å²) in [6.45, 7) is 0. The summed E-state index contributed by atoms with van der Waals surface area (Å²) in [7, 11) is 0. The van der Waals surface area contributed by atoms with Crippen molar-refractivity contribution < 1.29 is 19.5 Å². The summed E-state index contributed by atoms with van der Waals surface area (Å²) < 4.78 is 13.2. The van der Waals surface area contributed by atoms with Gasteiger partial charge in [-0.1, -0.05) is 6.07 Å². The van der Waals surface area contributed by atoms with Gasteiger partial charge in [-0.15, -0.1) is 11.6 Å². The summed E-state index contributed by atoms with van der Waals surface area (Å²) in [6.07, 6.45) is -2.98. The van der Waals surface area contributed by atoms with Gasteiger partial charge in [0.05, 0.1) is 22.5 Å². The van der Waals surface area contributed by atoms with Crippen molar-refractivity contribution in [3.63, 3.8) is 0 Å². The molecule has 0 fully saturated rings. The van der Waals surface area contributed by atoms with Crippen LogP contribution in [0.15, 0.2) is 18.2 Å². The number of alkyl halides is 1. The SMILES string of the molecule is O=[N+]([O-])c1c(F)cccc1C(O)C(O)CCl. The van der Waals surface area contributed by atoms with Crippen LogP contribution < -0.4 is 0 Å². The molecule has 88 valence electrons. The number of benzene rings is 1. The number of para-hydroxylation sites is 1. The smallest absolute Gasteiger partial charge is 0.310 e. The molecule has 7 heteroatoms.